The summed E-state index contributed by atoms with van der Waals surface area (Å²) in [6.45, 7) is 0. The lowest BCUT2D eigenvalue weighted by atomic mass is 10.3. The molecule has 0 radical (unpaired) electrons. The van der Waals surface area contributed by atoms with Crippen molar-refractivity contribution < 1.29 is 33.6 Å². The highest BCUT2D eigenvalue weighted by Crippen LogP contribution is 2.33. The molecule has 0 saturated heterocycles. The highest BCUT2D eigenvalue weighted by Gasteiger charge is 2.05. The van der Waals surface area contributed by atoms with Gasteiger partial charge in [-0.2, -0.15) is 0 Å². The monoisotopic (exact) mass is 880 g/mol. The topological polar surface area (TPSA) is 79.2 Å². The van der Waals surface area contributed by atoms with E-state index < -0.39 is 17.4 Å². The van der Waals surface area contributed by atoms with E-state index in [9.17, 15) is 13.9 Å². The van der Waals surface area contributed by atoms with Gasteiger partial charge in [-0.1, -0.05) is 0 Å². The molecule has 5 aromatic rings. The van der Waals surface area contributed by atoms with E-state index in [-0.39, 0.29) is 5.75 Å². The van der Waals surface area contributed by atoms with Crippen molar-refractivity contribution in [2.45, 2.75) is 0 Å². The molecule has 0 atom stereocenters. The van der Waals surface area contributed by atoms with Crippen LogP contribution in [0.5, 0.6) is 40.2 Å². The SMILES string of the molecule is Oc1cc(F)cc(F)c1.Oc1cc(Oc2ccc(I)cc2)cc(Oc2ccc(I)cc2)c1.Oc1ccc(I)cc1. The Labute approximate surface area is 270 Å². The standard InChI is InChI=1S/C18H12I2O3.C6H4F2O.C6H5IO/c19-12-1-5-15(6-2-12)22-17-9-14(21)10-18(11-17)23-16-7-3-13(20)4-8-16;7-4-1-5(8)3-6(9)2-4;7-5-1-3-6(8)4-2-5/h1-11,21H;1-3,9H;1-4,8H. The molecule has 0 amide bonds. The van der Waals surface area contributed by atoms with E-state index in [1.54, 1.807) is 30.3 Å². The van der Waals surface area contributed by atoms with E-state index in [1.165, 1.54) is 0 Å². The molecule has 0 spiro atoms. The zero-order valence-electron chi connectivity index (χ0n) is 20.4. The molecular formula is C30H21F2I3O5. The molecule has 0 fully saturated rings. The summed E-state index contributed by atoms with van der Waals surface area (Å²) in [5, 5.41) is 27.1. The van der Waals surface area contributed by atoms with Crippen LogP contribution in [0.25, 0.3) is 0 Å². The van der Waals surface area contributed by atoms with Crippen LogP contribution >= 0.6 is 67.8 Å². The summed E-state index contributed by atoms with van der Waals surface area (Å²) < 4.78 is 39.0. The van der Waals surface area contributed by atoms with Crippen molar-refractivity contribution in [2.75, 3.05) is 0 Å². The number of hydrogen-bond donors (Lipinski definition) is 3. The first-order valence-corrected chi connectivity index (χ1v) is 14.6. The Bertz CT molecular complexity index is 1380. The highest BCUT2D eigenvalue weighted by molar-refractivity contribution is 14.1. The summed E-state index contributed by atoms with van der Waals surface area (Å²) in [5.74, 6) is 0.928. The molecule has 0 aliphatic heterocycles. The molecule has 0 heterocycles. The molecule has 40 heavy (non-hydrogen) atoms. The molecule has 0 aliphatic rings. The third-order valence-corrected chi connectivity index (χ3v) is 6.79. The summed E-state index contributed by atoms with van der Waals surface area (Å²) in [6.07, 6.45) is 0. The van der Waals surface area contributed by atoms with Crippen LogP contribution < -0.4 is 9.47 Å². The van der Waals surface area contributed by atoms with Gasteiger partial charge in [-0.3, -0.25) is 0 Å². The zero-order valence-corrected chi connectivity index (χ0v) is 26.9. The van der Waals surface area contributed by atoms with Gasteiger partial charge in [-0.05, 0) is 141 Å². The van der Waals surface area contributed by atoms with Gasteiger partial charge in [0.25, 0.3) is 0 Å². The quantitative estimate of drug-likeness (QED) is 0.157. The molecule has 5 rings (SSSR count). The maximum Gasteiger partial charge on any atom is 0.134 e. The van der Waals surface area contributed by atoms with Gasteiger partial charge >= 0.3 is 0 Å². The van der Waals surface area contributed by atoms with E-state index in [0.29, 0.717) is 34.8 Å². The first kappa shape index (κ1) is 31.7. The Hall–Kier alpha value is -2.85. The molecule has 0 aromatic heterocycles. The van der Waals surface area contributed by atoms with E-state index in [0.717, 1.165) is 22.8 Å². The predicted octanol–water partition coefficient (Wildman–Crippen LogP) is 9.85. The molecule has 0 bridgehead atoms. The second kappa shape index (κ2) is 15.8. The Morgan fingerprint density at radius 1 is 0.400 bits per heavy atom. The highest BCUT2D eigenvalue weighted by atomic mass is 127. The molecule has 0 aliphatic carbocycles. The lowest BCUT2D eigenvalue weighted by Crippen LogP contribution is -1.88. The number of halogens is 5. The molecule has 206 valence electrons. The van der Waals surface area contributed by atoms with Crippen LogP contribution in [0, 0.1) is 22.3 Å². The van der Waals surface area contributed by atoms with Crippen LogP contribution in [0.4, 0.5) is 8.78 Å². The predicted molar refractivity (Wildman–Crippen MR) is 175 cm³/mol. The summed E-state index contributed by atoms with van der Waals surface area (Å²) in [7, 11) is 0. The largest absolute Gasteiger partial charge is 0.508 e. The number of phenols is 3. The Morgan fingerprint density at radius 2 is 0.750 bits per heavy atom. The second-order valence-corrected chi connectivity index (χ2v) is 11.6. The Kier molecular flexibility index (Phi) is 12.5. The lowest BCUT2D eigenvalue weighted by molar-refractivity contribution is 0.435. The van der Waals surface area contributed by atoms with Crippen molar-refractivity contribution >= 4 is 67.8 Å². The van der Waals surface area contributed by atoms with Crippen molar-refractivity contribution in [3.05, 3.63) is 132 Å². The van der Waals surface area contributed by atoms with Gasteiger partial charge in [0.15, 0.2) is 0 Å². The third kappa shape index (κ3) is 11.7. The second-order valence-electron chi connectivity index (χ2n) is 7.88. The van der Waals surface area contributed by atoms with Crippen molar-refractivity contribution in [2.24, 2.45) is 0 Å². The zero-order chi connectivity index (χ0) is 29.1. The van der Waals surface area contributed by atoms with E-state index in [2.05, 4.69) is 67.8 Å². The van der Waals surface area contributed by atoms with E-state index in [4.69, 9.17) is 19.7 Å². The Balaban J connectivity index is 0.000000211. The molecule has 10 heteroatoms. The molecular weight excluding hydrogens is 859 g/mol. The van der Waals surface area contributed by atoms with Gasteiger partial charge in [0.1, 0.15) is 51.9 Å². The fraction of sp³-hybridized carbons (Fsp3) is 0. The van der Waals surface area contributed by atoms with Gasteiger partial charge in [-0.15, -0.1) is 0 Å². The summed E-state index contributed by atoms with van der Waals surface area (Å²) in [6, 6.07) is 29.6. The average Bonchev–Trinajstić information content (AvgIpc) is 2.88. The van der Waals surface area contributed by atoms with E-state index >= 15 is 0 Å². The fourth-order valence-corrected chi connectivity index (χ4v) is 4.01. The van der Waals surface area contributed by atoms with Crippen LogP contribution in [-0.2, 0) is 0 Å². The van der Waals surface area contributed by atoms with Crippen molar-refractivity contribution in [1.29, 1.82) is 0 Å². The fourth-order valence-electron chi connectivity index (χ4n) is 2.93. The lowest BCUT2D eigenvalue weighted by Gasteiger charge is -2.10. The molecule has 3 N–H and O–H groups in total. The number of aromatic hydroxyl groups is 3. The molecule has 0 saturated carbocycles. The number of ether oxygens (including phenoxy) is 2. The molecule has 5 nitrogen and oxygen atoms in total. The van der Waals surface area contributed by atoms with Crippen molar-refractivity contribution in [1.82, 2.24) is 0 Å². The summed E-state index contributed by atoms with van der Waals surface area (Å²) in [4.78, 5) is 0. The first-order valence-electron chi connectivity index (χ1n) is 11.4. The van der Waals surface area contributed by atoms with Gasteiger partial charge < -0.3 is 24.8 Å². The van der Waals surface area contributed by atoms with Crippen LogP contribution in [0.1, 0.15) is 0 Å². The van der Waals surface area contributed by atoms with Gasteiger partial charge in [0, 0.05) is 47.1 Å². The molecule has 0 unspecified atom stereocenters. The van der Waals surface area contributed by atoms with Gasteiger partial charge in [0.05, 0.1) is 0 Å². The summed E-state index contributed by atoms with van der Waals surface area (Å²) >= 11 is 6.66. The van der Waals surface area contributed by atoms with Crippen LogP contribution in [0.15, 0.2) is 109 Å². The average molecular weight is 880 g/mol. The van der Waals surface area contributed by atoms with Gasteiger partial charge in [-0.25, -0.2) is 8.78 Å². The van der Waals surface area contributed by atoms with Crippen LogP contribution in [-0.4, -0.2) is 15.3 Å². The number of benzene rings is 5. The van der Waals surface area contributed by atoms with Crippen molar-refractivity contribution in [3.63, 3.8) is 0 Å². The van der Waals surface area contributed by atoms with Crippen LogP contribution in [0.3, 0.4) is 0 Å². The number of phenolic OH excluding ortho intramolecular Hbond substituents is 3. The molecule has 5 aromatic carbocycles. The number of hydrogen-bond acceptors (Lipinski definition) is 5. The number of rotatable bonds is 4. The van der Waals surface area contributed by atoms with Crippen molar-refractivity contribution in [3.8, 4) is 40.2 Å². The van der Waals surface area contributed by atoms with Crippen LogP contribution in [0.2, 0.25) is 0 Å². The minimum atomic E-state index is -0.771. The van der Waals surface area contributed by atoms with E-state index in [1.807, 2.05) is 60.7 Å². The minimum Gasteiger partial charge on any atom is -0.508 e. The maximum atomic E-state index is 12.0. The minimum absolute atomic E-state index is 0.0912. The Morgan fingerprint density at radius 3 is 1.10 bits per heavy atom. The third-order valence-electron chi connectivity index (χ3n) is 4.64. The van der Waals surface area contributed by atoms with Gasteiger partial charge in [0.2, 0.25) is 0 Å². The first-order chi connectivity index (χ1) is 19.0. The normalized spacial score (nSPS) is 9.93. The maximum absolute atomic E-state index is 12.0. The smallest absolute Gasteiger partial charge is 0.134 e. The summed E-state index contributed by atoms with van der Waals surface area (Å²) in [5.41, 5.74) is 0.